The first-order valence-electron chi connectivity index (χ1n) is 9.34. The predicted molar refractivity (Wildman–Crippen MR) is 112 cm³/mol. The van der Waals surface area contributed by atoms with Crippen LogP contribution in [0.1, 0.15) is 36.2 Å². The number of hydrogen-bond donors (Lipinski definition) is 1. The molecule has 0 bridgehead atoms. The van der Waals surface area contributed by atoms with Gasteiger partial charge in [0.2, 0.25) is 10.0 Å². The molecular formula is C21H25ClN2O3S. The molecule has 150 valence electrons. The molecule has 2 aromatic rings. The third kappa shape index (κ3) is 4.57. The highest BCUT2D eigenvalue weighted by molar-refractivity contribution is 7.89. The van der Waals surface area contributed by atoms with Gasteiger partial charge >= 0.3 is 0 Å². The Morgan fingerprint density at radius 3 is 2.29 bits per heavy atom. The van der Waals surface area contributed by atoms with Gasteiger partial charge in [-0.15, -0.1) is 0 Å². The molecule has 1 heterocycles. The standard InChI is InChI=1S/C21H25ClN2O3S/c1-14-4-6-17(7-5-14)23-21(25)19-11-18(8-9-20(19)22)28(26,27)24-12-15(2)10-16(3)13-24/h4-9,11,15-16H,10,12-13H2,1-3H3,(H,23,25)/t15-,16+. The molecule has 0 aliphatic carbocycles. The van der Waals surface area contributed by atoms with Crippen LogP contribution in [0.5, 0.6) is 0 Å². The number of carbonyl (C=O) groups is 1. The van der Waals surface area contributed by atoms with E-state index in [1.54, 1.807) is 12.1 Å². The van der Waals surface area contributed by atoms with Crippen molar-refractivity contribution in [2.75, 3.05) is 18.4 Å². The minimum absolute atomic E-state index is 0.0901. The van der Waals surface area contributed by atoms with Crippen LogP contribution in [0.25, 0.3) is 0 Å². The quantitative estimate of drug-likeness (QED) is 0.787. The number of halogens is 1. The smallest absolute Gasteiger partial charge is 0.257 e. The van der Waals surface area contributed by atoms with Gasteiger partial charge in [0.25, 0.3) is 5.91 Å². The van der Waals surface area contributed by atoms with Gasteiger partial charge in [0.05, 0.1) is 15.5 Å². The SMILES string of the molecule is Cc1ccc(NC(=O)c2cc(S(=O)(=O)N3C[C@H](C)C[C@H](C)C3)ccc2Cl)cc1. The van der Waals surface area contributed by atoms with Crippen molar-refractivity contribution < 1.29 is 13.2 Å². The molecule has 7 heteroatoms. The molecule has 1 N–H and O–H groups in total. The highest BCUT2D eigenvalue weighted by Gasteiger charge is 2.32. The second-order valence-corrected chi connectivity index (χ2v) is 10.1. The van der Waals surface area contributed by atoms with Gasteiger partial charge in [0.1, 0.15) is 0 Å². The number of piperidine rings is 1. The second-order valence-electron chi connectivity index (χ2n) is 7.73. The van der Waals surface area contributed by atoms with E-state index < -0.39 is 15.9 Å². The monoisotopic (exact) mass is 420 g/mol. The van der Waals surface area contributed by atoms with E-state index in [1.165, 1.54) is 22.5 Å². The number of rotatable bonds is 4. The molecule has 0 spiro atoms. The van der Waals surface area contributed by atoms with E-state index in [4.69, 9.17) is 11.6 Å². The van der Waals surface area contributed by atoms with Crippen LogP contribution in [-0.4, -0.2) is 31.7 Å². The van der Waals surface area contributed by atoms with E-state index in [9.17, 15) is 13.2 Å². The van der Waals surface area contributed by atoms with Crippen LogP contribution < -0.4 is 5.32 Å². The maximum atomic E-state index is 13.1. The van der Waals surface area contributed by atoms with Gasteiger partial charge in [0, 0.05) is 18.8 Å². The maximum Gasteiger partial charge on any atom is 0.257 e. The fraction of sp³-hybridized carbons (Fsp3) is 0.381. The number of benzene rings is 2. The molecule has 1 fully saturated rings. The lowest BCUT2D eigenvalue weighted by molar-refractivity contribution is 0.102. The summed E-state index contributed by atoms with van der Waals surface area (Å²) in [6.07, 6.45) is 1.01. The summed E-state index contributed by atoms with van der Waals surface area (Å²) in [6.45, 7) is 7.04. The number of amides is 1. The lowest BCUT2D eigenvalue weighted by atomic mass is 9.94. The average molecular weight is 421 g/mol. The summed E-state index contributed by atoms with van der Waals surface area (Å²) in [4.78, 5) is 12.8. The van der Waals surface area contributed by atoms with Gasteiger partial charge in [0.15, 0.2) is 0 Å². The molecule has 0 aromatic heterocycles. The van der Waals surface area contributed by atoms with Gasteiger partial charge in [-0.1, -0.05) is 43.1 Å². The van der Waals surface area contributed by atoms with Gasteiger partial charge in [-0.2, -0.15) is 4.31 Å². The molecule has 0 saturated carbocycles. The number of aryl methyl sites for hydroxylation is 1. The lowest BCUT2D eigenvalue weighted by Crippen LogP contribution is -2.42. The Labute approximate surface area is 171 Å². The number of carbonyl (C=O) groups excluding carboxylic acids is 1. The topological polar surface area (TPSA) is 66.5 Å². The van der Waals surface area contributed by atoms with Gasteiger partial charge in [-0.05, 0) is 55.5 Å². The molecule has 28 heavy (non-hydrogen) atoms. The zero-order valence-electron chi connectivity index (χ0n) is 16.3. The molecule has 3 rings (SSSR count). The van der Waals surface area contributed by atoms with E-state index in [2.05, 4.69) is 19.2 Å². The lowest BCUT2D eigenvalue weighted by Gasteiger charge is -2.34. The Balaban J connectivity index is 1.88. The molecule has 2 atom stereocenters. The van der Waals surface area contributed by atoms with E-state index in [0.717, 1.165) is 12.0 Å². The van der Waals surface area contributed by atoms with Crippen molar-refractivity contribution in [1.29, 1.82) is 0 Å². The third-order valence-corrected chi connectivity index (χ3v) is 7.12. The Morgan fingerprint density at radius 1 is 1.07 bits per heavy atom. The Kier molecular flexibility index (Phi) is 6.12. The van der Waals surface area contributed by atoms with Crippen molar-refractivity contribution in [2.45, 2.75) is 32.1 Å². The highest BCUT2D eigenvalue weighted by atomic mass is 35.5. The number of anilines is 1. The summed E-state index contributed by atoms with van der Waals surface area (Å²) in [5.41, 5.74) is 1.84. The summed E-state index contributed by atoms with van der Waals surface area (Å²) < 4.78 is 27.7. The van der Waals surface area contributed by atoms with Crippen LogP contribution in [0, 0.1) is 18.8 Å². The van der Waals surface area contributed by atoms with Gasteiger partial charge in [-0.3, -0.25) is 4.79 Å². The summed E-state index contributed by atoms with van der Waals surface area (Å²) in [6, 6.07) is 11.6. The molecule has 1 saturated heterocycles. The molecule has 1 aliphatic heterocycles. The van der Waals surface area contributed by atoms with Crippen LogP contribution in [0.4, 0.5) is 5.69 Å². The Morgan fingerprint density at radius 2 is 1.68 bits per heavy atom. The number of nitrogens with zero attached hydrogens (tertiary/aromatic N) is 1. The maximum absolute atomic E-state index is 13.1. The summed E-state index contributed by atoms with van der Waals surface area (Å²) in [5.74, 6) is 0.163. The summed E-state index contributed by atoms with van der Waals surface area (Å²) in [5, 5.41) is 2.98. The zero-order valence-corrected chi connectivity index (χ0v) is 17.8. The molecule has 0 radical (unpaired) electrons. The Bertz CT molecular complexity index is 964. The summed E-state index contributed by atoms with van der Waals surface area (Å²) >= 11 is 6.20. The zero-order chi connectivity index (χ0) is 20.5. The van der Waals surface area contributed by atoms with Crippen LogP contribution in [0.2, 0.25) is 5.02 Å². The minimum Gasteiger partial charge on any atom is -0.322 e. The van der Waals surface area contributed by atoms with Crippen molar-refractivity contribution in [1.82, 2.24) is 4.31 Å². The van der Waals surface area contributed by atoms with Crippen molar-refractivity contribution in [3.8, 4) is 0 Å². The molecular weight excluding hydrogens is 396 g/mol. The fourth-order valence-electron chi connectivity index (χ4n) is 3.63. The van der Waals surface area contributed by atoms with Crippen molar-refractivity contribution in [3.63, 3.8) is 0 Å². The van der Waals surface area contributed by atoms with E-state index >= 15 is 0 Å². The normalized spacial score (nSPS) is 20.7. The van der Waals surface area contributed by atoms with Crippen molar-refractivity contribution in [2.24, 2.45) is 11.8 Å². The first kappa shape index (κ1) is 20.8. The average Bonchev–Trinajstić information content (AvgIpc) is 2.63. The number of hydrogen-bond acceptors (Lipinski definition) is 3. The molecule has 2 aromatic carbocycles. The number of sulfonamides is 1. The molecule has 5 nitrogen and oxygen atoms in total. The largest absolute Gasteiger partial charge is 0.322 e. The molecule has 1 aliphatic rings. The van der Waals surface area contributed by atoms with E-state index in [1.807, 2.05) is 19.1 Å². The van der Waals surface area contributed by atoms with Crippen LogP contribution in [0.15, 0.2) is 47.4 Å². The van der Waals surface area contributed by atoms with Gasteiger partial charge in [-0.25, -0.2) is 8.42 Å². The minimum atomic E-state index is -3.68. The molecule has 0 unspecified atom stereocenters. The van der Waals surface area contributed by atoms with Crippen molar-refractivity contribution in [3.05, 3.63) is 58.6 Å². The fourth-order valence-corrected chi connectivity index (χ4v) is 5.54. The predicted octanol–water partition coefficient (Wildman–Crippen LogP) is 4.57. The first-order chi connectivity index (χ1) is 13.2. The second kappa shape index (κ2) is 8.23. The van der Waals surface area contributed by atoms with Crippen LogP contribution in [-0.2, 0) is 10.0 Å². The summed E-state index contributed by atoms with van der Waals surface area (Å²) in [7, 11) is -3.68. The first-order valence-corrected chi connectivity index (χ1v) is 11.2. The third-order valence-electron chi connectivity index (χ3n) is 4.97. The number of nitrogens with one attached hydrogen (secondary N) is 1. The highest BCUT2D eigenvalue weighted by Crippen LogP contribution is 2.29. The Hall–Kier alpha value is -1.89. The molecule has 1 amide bonds. The van der Waals surface area contributed by atoms with Crippen LogP contribution >= 0.6 is 11.6 Å². The van der Waals surface area contributed by atoms with Gasteiger partial charge < -0.3 is 5.32 Å². The van der Waals surface area contributed by atoms with Crippen molar-refractivity contribution >= 4 is 33.2 Å². The van der Waals surface area contributed by atoms with E-state index in [-0.39, 0.29) is 15.5 Å². The van der Waals surface area contributed by atoms with E-state index in [0.29, 0.717) is 30.6 Å². The van der Waals surface area contributed by atoms with Crippen LogP contribution in [0.3, 0.4) is 0 Å².